The normalized spacial score (nSPS) is 10.4. The topological polar surface area (TPSA) is 56.8 Å². The standard InChI is InChI=1S/C18H29NO4/c1-4-21-13-7-12-19-18(20)11-9-15-8-10-16(22-5-2)17(14-15)23-6-3/h8,10,14H,4-7,9,11-13H2,1-3H3,(H,19,20). The first-order valence-electron chi connectivity index (χ1n) is 8.44. The van der Waals surface area contributed by atoms with E-state index in [1.54, 1.807) is 0 Å². The van der Waals surface area contributed by atoms with E-state index >= 15 is 0 Å². The molecule has 0 aliphatic heterocycles. The van der Waals surface area contributed by atoms with E-state index in [1.165, 1.54) is 0 Å². The van der Waals surface area contributed by atoms with E-state index in [1.807, 2.05) is 39.0 Å². The smallest absolute Gasteiger partial charge is 0.220 e. The van der Waals surface area contributed by atoms with Crippen LogP contribution < -0.4 is 14.8 Å². The number of nitrogens with one attached hydrogen (secondary N) is 1. The first-order valence-corrected chi connectivity index (χ1v) is 8.44. The molecule has 0 aliphatic carbocycles. The molecule has 5 nitrogen and oxygen atoms in total. The minimum Gasteiger partial charge on any atom is -0.490 e. The first kappa shape index (κ1) is 19.3. The molecule has 0 heterocycles. The molecule has 1 amide bonds. The van der Waals surface area contributed by atoms with Gasteiger partial charge < -0.3 is 19.5 Å². The molecule has 0 unspecified atom stereocenters. The van der Waals surface area contributed by atoms with Gasteiger partial charge in [-0.15, -0.1) is 0 Å². The number of carbonyl (C=O) groups is 1. The lowest BCUT2D eigenvalue weighted by atomic mass is 10.1. The predicted octanol–water partition coefficient (Wildman–Crippen LogP) is 2.96. The molecular formula is C18H29NO4. The maximum atomic E-state index is 11.8. The van der Waals surface area contributed by atoms with Crippen molar-refractivity contribution in [3.05, 3.63) is 23.8 Å². The minimum atomic E-state index is 0.0633. The lowest BCUT2D eigenvalue weighted by molar-refractivity contribution is -0.121. The van der Waals surface area contributed by atoms with Crippen LogP contribution in [0.2, 0.25) is 0 Å². The molecular weight excluding hydrogens is 294 g/mol. The lowest BCUT2D eigenvalue weighted by Crippen LogP contribution is -2.25. The Labute approximate surface area is 139 Å². The van der Waals surface area contributed by atoms with Crippen molar-refractivity contribution in [2.45, 2.75) is 40.0 Å². The summed E-state index contributed by atoms with van der Waals surface area (Å²) >= 11 is 0. The highest BCUT2D eigenvalue weighted by atomic mass is 16.5. The largest absolute Gasteiger partial charge is 0.490 e. The van der Waals surface area contributed by atoms with Gasteiger partial charge in [-0.1, -0.05) is 6.07 Å². The summed E-state index contributed by atoms with van der Waals surface area (Å²) in [5.41, 5.74) is 1.07. The third-order valence-electron chi connectivity index (χ3n) is 3.24. The highest BCUT2D eigenvalue weighted by molar-refractivity contribution is 5.76. The Kier molecular flexibility index (Phi) is 9.87. The van der Waals surface area contributed by atoms with E-state index in [-0.39, 0.29) is 5.91 Å². The molecule has 0 atom stereocenters. The molecule has 0 aromatic heterocycles. The summed E-state index contributed by atoms with van der Waals surface area (Å²) in [5.74, 6) is 1.55. The van der Waals surface area contributed by atoms with E-state index in [2.05, 4.69) is 5.32 Å². The SMILES string of the molecule is CCOCCCNC(=O)CCc1ccc(OCC)c(OCC)c1. The van der Waals surface area contributed by atoms with Crippen molar-refractivity contribution >= 4 is 5.91 Å². The molecule has 0 saturated carbocycles. The summed E-state index contributed by atoms with van der Waals surface area (Å²) in [6.45, 7) is 9.10. The lowest BCUT2D eigenvalue weighted by Gasteiger charge is -2.12. The highest BCUT2D eigenvalue weighted by Gasteiger charge is 2.08. The highest BCUT2D eigenvalue weighted by Crippen LogP contribution is 2.28. The van der Waals surface area contributed by atoms with Crippen LogP contribution >= 0.6 is 0 Å². The van der Waals surface area contributed by atoms with Crippen molar-refractivity contribution in [3.63, 3.8) is 0 Å². The van der Waals surface area contributed by atoms with E-state index in [4.69, 9.17) is 14.2 Å². The van der Waals surface area contributed by atoms with E-state index in [0.717, 1.165) is 23.5 Å². The zero-order chi connectivity index (χ0) is 16.9. The summed E-state index contributed by atoms with van der Waals surface area (Å²) in [7, 11) is 0. The van der Waals surface area contributed by atoms with Gasteiger partial charge in [0.05, 0.1) is 13.2 Å². The Morgan fingerprint density at radius 2 is 1.78 bits per heavy atom. The van der Waals surface area contributed by atoms with Crippen LogP contribution in [0, 0.1) is 0 Å². The Morgan fingerprint density at radius 3 is 2.48 bits per heavy atom. The second kappa shape index (κ2) is 11.8. The van der Waals surface area contributed by atoms with E-state index in [9.17, 15) is 4.79 Å². The molecule has 1 aromatic rings. The molecule has 0 aliphatic rings. The van der Waals surface area contributed by atoms with Crippen molar-refractivity contribution in [2.75, 3.05) is 33.0 Å². The summed E-state index contributed by atoms with van der Waals surface area (Å²) in [6.07, 6.45) is 2.00. The average molecular weight is 323 g/mol. The fraction of sp³-hybridized carbons (Fsp3) is 0.611. The van der Waals surface area contributed by atoms with Crippen molar-refractivity contribution < 1.29 is 19.0 Å². The summed E-state index contributed by atoms with van der Waals surface area (Å²) in [5, 5.41) is 2.91. The van der Waals surface area contributed by atoms with Gasteiger partial charge in [0, 0.05) is 26.2 Å². The van der Waals surface area contributed by atoms with Crippen LogP contribution in [0.25, 0.3) is 0 Å². The van der Waals surface area contributed by atoms with Gasteiger partial charge in [0.25, 0.3) is 0 Å². The molecule has 1 aromatic carbocycles. The molecule has 130 valence electrons. The van der Waals surface area contributed by atoms with Crippen LogP contribution in [0.1, 0.15) is 39.2 Å². The molecule has 0 bridgehead atoms. The Morgan fingerprint density at radius 1 is 1.04 bits per heavy atom. The van der Waals surface area contributed by atoms with Crippen molar-refractivity contribution in [1.29, 1.82) is 0 Å². The van der Waals surface area contributed by atoms with Crippen LogP contribution in [0.5, 0.6) is 11.5 Å². The van der Waals surface area contributed by atoms with Crippen LogP contribution in [0.3, 0.4) is 0 Å². The summed E-state index contributed by atoms with van der Waals surface area (Å²) < 4.78 is 16.4. The number of carbonyl (C=O) groups excluding carboxylic acids is 1. The number of hydrogen-bond donors (Lipinski definition) is 1. The third-order valence-corrected chi connectivity index (χ3v) is 3.24. The van der Waals surface area contributed by atoms with Gasteiger partial charge in [0.1, 0.15) is 0 Å². The fourth-order valence-corrected chi connectivity index (χ4v) is 2.14. The van der Waals surface area contributed by atoms with Crippen molar-refractivity contribution in [3.8, 4) is 11.5 Å². The quantitative estimate of drug-likeness (QED) is 0.601. The second-order valence-corrected chi connectivity index (χ2v) is 5.05. The number of amides is 1. The van der Waals surface area contributed by atoms with Crippen LogP contribution in [0.4, 0.5) is 0 Å². The molecule has 1 rings (SSSR count). The molecule has 0 spiro atoms. The fourth-order valence-electron chi connectivity index (χ4n) is 2.14. The van der Waals surface area contributed by atoms with Crippen LogP contribution in [-0.4, -0.2) is 38.9 Å². The molecule has 1 N–H and O–H groups in total. The number of hydrogen-bond acceptors (Lipinski definition) is 4. The zero-order valence-corrected chi connectivity index (χ0v) is 14.5. The Bertz CT molecular complexity index is 462. The van der Waals surface area contributed by atoms with Crippen LogP contribution in [0.15, 0.2) is 18.2 Å². The predicted molar refractivity (Wildman–Crippen MR) is 91.2 cm³/mol. The molecule has 0 fully saturated rings. The number of benzene rings is 1. The van der Waals surface area contributed by atoms with Crippen molar-refractivity contribution in [2.24, 2.45) is 0 Å². The first-order chi connectivity index (χ1) is 11.2. The molecule has 0 radical (unpaired) electrons. The monoisotopic (exact) mass is 323 g/mol. The molecule has 23 heavy (non-hydrogen) atoms. The van der Waals surface area contributed by atoms with Gasteiger partial charge in [-0.2, -0.15) is 0 Å². The Hall–Kier alpha value is -1.75. The number of aryl methyl sites for hydroxylation is 1. The second-order valence-electron chi connectivity index (χ2n) is 5.05. The summed E-state index contributed by atoms with van der Waals surface area (Å²) in [4.78, 5) is 11.8. The molecule has 0 saturated heterocycles. The maximum absolute atomic E-state index is 11.8. The van der Waals surface area contributed by atoms with Gasteiger partial charge in [0.2, 0.25) is 5.91 Å². The van der Waals surface area contributed by atoms with E-state index in [0.29, 0.717) is 45.8 Å². The van der Waals surface area contributed by atoms with Gasteiger partial charge >= 0.3 is 0 Å². The van der Waals surface area contributed by atoms with Gasteiger partial charge in [-0.05, 0) is 51.3 Å². The van der Waals surface area contributed by atoms with Gasteiger partial charge in [-0.3, -0.25) is 4.79 Å². The maximum Gasteiger partial charge on any atom is 0.220 e. The average Bonchev–Trinajstić information content (AvgIpc) is 2.55. The van der Waals surface area contributed by atoms with Crippen molar-refractivity contribution in [1.82, 2.24) is 5.32 Å². The van der Waals surface area contributed by atoms with E-state index < -0.39 is 0 Å². The molecule has 5 heteroatoms. The van der Waals surface area contributed by atoms with Crippen LogP contribution in [-0.2, 0) is 16.0 Å². The third kappa shape index (κ3) is 7.88. The minimum absolute atomic E-state index is 0.0633. The Balaban J connectivity index is 2.41. The zero-order valence-electron chi connectivity index (χ0n) is 14.5. The van der Waals surface area contributed by atoms with Gasteiger partial charge in [-0.25, -0.2) is 0 Å². The summed E-state index contributed by atoms with van der Waals surface area (Å²) in [6, 6.07) is 5.84. The number of rotatable bonds is 12. The number of ether oxygens (including phenoxy) is 3. The van der Waals surface area contributed by atoms with Gasteiger partial charge in [0.15, 0.2) is 11.5 Å².